The van der Waals surface area contributed by atoms with Gasteiger partial charge in [0.1, 0.15) is 5.75 Å². The Bertz CT molecular complexity index is 536. The Morgan fingerprint density at radius 1 is 1.04 bits per heavy atom. The van der Waals surface area contributed by atoms with Crippen LogP contribution >= 0.6 is 0 Å². The fourth-order valence-electron chi connectivity index (χ4n) is 3.24. The van der Waals surface area contributed by atoms with Gasteiger partial charge in [-0.3, -0.25) is 20.4 Å². The van der Waals surface area contributed by atoms with Crippen LogP contribution in [0.2, 0.25) is 0 Å². The van der Waals surface area contributed by atoms with Crippen LogP contribution < -0.4 is 15.6 Å². The highest BCUT2D eigenvalue weighted by Crippen LogP contribution is 2.27. The smallest absolute Gasteiger partial charge is 0.276 e. The summed E-state index contributed by atoms with van der Waals surface area (Å²) in [5, 5.41) is 0. The first-order valence-electron chi connectivity index (χ1n) is 9.46. The monoisotopic (exact) mass is 346 g/mol. The van der Waals surface area contributed by atoms with Gasteiger partial charge in [0.05, 0.1) is 0 Å². The predicted molar refractivity (Wildman–Crippen MR) is 98.0 cm³/mol. The van der Waals surface area contributed by atoms with E-state index in [1.54, 1.807) is 0 Å². The lowest BCUT2D eigenvalue weighted by atomic mass is 9.86. The highest BCUT2D eigenvalue weighted by molar-refractivity contribution is 5.82. The molecule has 1 aliphatic rings. The number of carbonyl (C=O) groups excluding carboxylic acids is 2. The molecule has 0 heterocycles. The van der Waals surface area contributed by atoms with Crippen molar-refractivity contribution in [3.63, 3.8) is 0 Å². The van der Waals surface area contributed by atoms with Crippen molar-refractivity contribution in [1.82, 2.24) is 10.9 Å². The summed E-state index contributed by atoms with van der Waals surface area (Å²) in [5.41, 5.74) is 6.08. The number of amides is 2. The van der Waals surface area contributed by atoms with Crippen molar-refractivity contribution in [2.45, 2.75) is 64.7 Å². The molecule has 138 valence electrons. The van der Waals surface area contributed by atoms with Gasteiger partial charge >= 0.3 is 0 Å². The Balaban J connectivity index is 1.54. The predicted octanol–water partition coefficient (Wildman–Crippen LogP) is 3.53. The molecule has 0 spiro atoms. The van der Waals surface area contributed by atoms with Crippen LogP contribution in [0.5, 0.6) is 5.75 Å². The third kappa shape index (κ3) is 7.59. The van der Waals surface area contributed by atoms with Crippen molar-refractivity contribution in [3.8, 4) is 5.75 Å². The molecule has 2 rings (SSSR count). The van der Waals surface area contributed by atoms with E-state index >= 15 is 0 Å². The van der Waals surface area contributed by atoms with Gasteiger partial charge in [0.15, 0.2) is 6.61 Å². The Kier molecular flexibility index (Phi) is 8.29. The van der Waals surface area contributed by atoms with Gasteiger partial charge in [-0.05, 0) is 42.9 Å². The largest absolute Gasteiger partial charge is 0.484 e. The summed E-state index contributed by atoms with van der Waals surface area (Å²) >= 11 is 0. The number of ether oxygens (including phenoxy) is 1. The van der Waals surface area contributed by atoms with E-state index in [-0.39, 0.29) is 18.4 Å². The molecule has 1 aromatic rings. The maximum atomic E-state index is 11.8. The Labute approximate surface area is 150 Å². The highest BCUT2D eigenvalue weighted by atomic mass is 16.5. The topological polar surface area (TPSA) is 67.4 Å². The first kappa shape index (κ1) is 19.3. The van der Waals surface area contributed by atoms with Gasteiger partial charge in [0.25, 0.3) is 5.91 Å². The number of rotatable bonds is 8. The molecule has 2 amide bonds. The standard InChI is InChI=1S/C20H30N2O3/c1-2-16-11-13-18(14-12-16)25-15-20(24)22-21-19(23)10-6-9-17-7-4-3-5-8-17/h11-14,17H,2-10,15H2,1H3,(H,21,23)(H,22,24). The normalized spacial score (nSPS) is 14.8. The molecule has 0 saturated heterocycles. The van der Waals surface area contributed by atoms with E-state index in [2.05, 4.69) is 17.8 Å². The average molecular weight is 346 g/mol. The van der Waals surface area contributed by atoms with E-state index in [4.69, 9.17) is 4.74 Å². The molecule has 0 aliphatic heterocycles. The SMILES string of the molecule is CCc1ccc(OCC(=O)NNC(=O)CCCC2CCCCC2)cc1. The first-order valence-corrected chi connectivity index (χ1v) is 9.46. The van der Waals surface area contributed by atoms with Crippen LogP contribution in [0.15, 0.2) is 24.3 Å². The molecular formula is C20H30N2O3. The Morgan fingerprint density at radius 3 is 2.40 bits per heavy atom. The minimum absolute atomic E-state index is 0.117. The lowest BCUT2D eigenvalue weighted by Crippen LogP contribution is -2.43. The van der Waals surface area contributed by atoms with Gasteiger partial charge in [-0.1, -0.05) is 51.2 Å². The van der Waals surface area contributed by atoms with Crippen LogP contribution in [0, 0.1) is 5.92 Å². The Hall–Kier alpha value is -2.04. The molecule has 0 atom stereocenters. The van der Waals surface area contributed by atoms with Gasteiger partial charge in [0.2, 0.25) is 5.91 Å². The zero-order valence-corrected chi connectivity index (χ0v) is 15.2. The molecule has 1 fully saturated rings. The molecule has 0 unspecified atom stereocenters. The summed E-state index contributed by atoms with van der Waals surface area (Å²) < 4.78 is 5.40. The van der Waals surface area contributed by atoms with Crippen LogP contribution in [0.4, 0.5) is 0 Å². The van der Waals surface area contributed by atoms with Crippen LogP contribution in [-0.4, -0.2) is 18.4 Å². The third-order valence-corrected chi connectivity index (χ3v) is 4.78. The van der Waals surface area contributed by atoms with E-state index in [0.717, 1.165) is 25.2 Å². The second kappa shape index (κ2) is 10.7. The highest BCUT2D eigenvalue weighted by Gasteiger charge is 2.13. The number of hydrogen-bond donors (Lipinski definition) is 2. The third-order valence-electron chi connectivity index (χ3n) is 4.78. The summed E-state index contributed by atoms with van der Waals surface area (Å²) in [7, 11) is 0. The number of benzene rings is 1. The molecule has 25 heavy (non-hydrogen) atoms. The molecule has 0 bridgehead atoms. The van der Waals surface area contributed by atoms with Crippen LogP contribution in [0.25, 0.3) is 0 Å². The lowest BCUT2D eigenvalue weighted by molar-refractivity contribution is -0.130. The van der Waals surface area contributed by atoms with Crippen molar-refractivity contribution >= 4 is 11.8 Å². The number of aryl methyl sites for hydroxylation is 1. The lowest BCUT2D eigenvalue weighted by Gasteiger charge is -2.21. The molecule has 5 nitrogen and oxygen atoms in total. The number of hydrogen-bond acceptors (Lipinski definition) is 3. The summed E-state index contributed by atoms with van der Waals surface area (Å²) in [6, 6.07) is 7.63. The van der Waals surface area contributed by atoms with Gasteiger partial charge in [0, 0.05) is 6.42 Å². The fourth-order valence-corrected chi connectivity index (χ4v) is 3.24. The number of carbonyl (C=O) groups is 2. The molecule has 0 radical (unpaired) electrons. The van der Waals surface area contributed by atoms with Crippen molar-refractivity contribution in [2.75, 3.05) is 6.61 Å². The van der Waals surface area contributed by atoms with Gasteiger partial charge in [-0.25, -0.2) is 0 Å². The van der Waals surface area contributed by atoms with Crippen molar-refractivity contribution < 1.29 is 14.3 Å². The van der Waals surface area contributed by atoms with Gasteiger partial charge < -0.3 is 4.74 Å². The summed E-state index contributed by atoms with van der Waals surface area (Å²) in [6.45, 7) is 1.97. The first-order chi connectivity index (χ1) is 12.2. The van der Waals surface area contributed by atoms with Crippen molar-refractivity contribution in [2.24, 2.45) is 5.92 Å². The summed E-state index contributed by atoms with van der Waals surface area (Å²) in [5.74, 6) is 0.923. The maximum Gasteiger partial charge on any atom is 0.276 e. The van der Waals surface area contributed by atoms with Crippen molar-refractivity contribution in [3.05, 3.63) is 29.8 Å². The van der Waals surface area contributed by atoms with Crippen LogP contribution in [0.1, 0.15) is 63.9 Å². The molecule has 0 aromatic heterocycles. The van der Waals surface area contributed by atoms with Crippen LogP contribution in [0.3, 0.4) is 0 Å². The minimum atomic E-state index is -0.361. The van der Waals surface area contributed by atoms with E-state index in [1.165, 1.54) is 37.7 Å². The minimum Gasteiger partial charge on any atom is -0.484 e. The molecule has 5 heteroatoms. The summed E-state index contributed by atoms with van der Waals surface area (Å²) in [6.07, 6.45) is 10.0. The van der Waals surface area contributed by atoms with E-state index in [1.807, 2.05) is 24.3 Å². The maximum absolute atomic E-state index is 11.8. The fraction of sp³-hybridized carbons (Fsp3) is 0.600. The second-order valence-corrected chi connectivity index (χ2v) is 6.78. The molecule has 1 aromatic carbocycles. The van der Waals surface area contributed by atoms with E-state index < -0.39 is 0 Å². The van der Waals surface area contributed by atoms with E-state index in [0.29, 0.717) is 12.2 Å². The van der Waals surface area contributed by atoms with Crippen molar-refractivity contribution in [1.29, 1.82) is 0 Å². The molecule has 1 aliphatic carbocycles. The van der Waals surface area contributed by atoms with E-state index in [9.17, 15) is 9.59 Å². The second-order valence-electron chi connectivity index (χ2n) is 6.78. The zero-order chi connectivity index (χ0) is 17.9. The molecule has 2 N–H and O–H groups in total. The van der Waals surface area contributed by atoms with Crippen LogP contribution in [-0.2, 0) is 16.0 Å². The van der Waals surface area contributed by atoms with Gasteiger partial charge in [-0.2, -0.15) is 0 Å². The average Bonchev–Trinajstić information content (AvgIpc) is 2.66. The summed E-state index contributed by atoms with van der Waals surface area (Å²) in [4.78, 5) is 23.5. The van der Waals surface area contributed by atoms with Gasteiger partial charge in [-0.15, -0.1) is 0 Å². The molecular weight excluding hydrogens is 316 g/mol. The quantitative estimate of drug-likeness (QED) is 0.708. The molecule has 1 saturated carbocycles. The number of nitrogens with one attached hydrogen (secondary N) is 2. The Morgan fingerprint density at radius 2 is 1.72 bits per heavy atom. The number of hydrazine groups is 1. The zero-order valence-electron chi connectivity index (χ0n) is 15.2.